The Hall–Kier alpha value is -2.96. The number of nitrogens with one attached hydrogen (secondary N) is 1. The molecule has 1 N–H and O–H groups in total. The number of nitrogens with zero attached hydrogens (tertiary/aromatic N) is 4. The Morgan fingerprint density at radius 2 is 2.14 bits per heavy atom. The molecular weight excluding hydrogens is 270 g/mol. The fourth-order valence-electron chi connectivity index (χ4n) is 1.86. The van der Waals surface area contributed by atoms with Crippen LogP contribution in [-0.2, 0) is 6.54 Å². The number of furan rings is 1. The molecule has 0 aliphatic rings. The summed E-state index contributed by atoms with van der Waals surface area (Å²) in [5.74, 6) is 0.387. The summed E-state index contributed by atoms with van der Waals surface area (Å²) in [6.07, 6.45) is 1.45. The molecule has 0 spiro atoms. The lowest BCUT2D eigenvalue weighted by molar-refractivity contribution is 0.0996. The van der Waals surface area contributed by atoms with Crippen LogP contribution in [0.4, 0.5) is 5.69 Å². The number of rotatable bonds is 4. The van der Waals surface area contributed by atoms with Crippen LogP contribution in [0.5, 0.6) is 0 Å². The molecule has 0 fully saturated rings. The van der Waals surface area contributed by atoms with Gasteiger partial charge in [-0.1, -0.05) is 12.1 Å². The van der Waals surface area contributed by atoms with Crippen LogP contribution >= 0.6 is 0 Å². The van der Waals surface area contributed by atoms with E-state index in [1.807, 2.05) is 25.1 Å². The van der Waals surface area contributed by atoms with Gasteiger partial charge in [0.1, 0.15) is 0 Å². The Kier molecular flexibility index (Phi) is 3.46. The van der Waals surface area contributed by atoms with Crippen molar-refractivity contribution in [2.75, 3.05) is 5.32 Å². The number of aromatic nitrogens is 4. The molecular formula is C14H13N5O2. The van der Waals surface area contributed by atoms with Gasteiger partial charge in [0.05, 0.1) is 18.5 Å². The van der Waals surface area contributed by atoms with Crippen LogP contribution in [0.15, 0.2) is 47.1 Å². The van der Waals surface area contributed by atoms with Crippen molar-refractivity contribution in [3.8, 4) is 11.4 Å². The van der Waals surface area contributed by atoms with Crippen LogP contribution in [0.1, 0.15) is 17.5 Å². The molecule has 2 aromatic heterocycles. The molecule has 0 radical (unpaired) electrons. The first-order chi connectivity index (χ1) is 10.3. The average molecular weight is 283 g/mol. The van der Waals surface area contributed by atoms with Gasteiger partial charge in [0.15, 0.2) is 5.76 Å². The highest BCUT2D eigenvalue weighted by atomic mass is 16.3. The molecule has 0 unspecified atom stereocenters. The van der Waals surface area contributed by atoms with Crippen LogP contribution in [0, 0.1) is 0 Å². The maximum absolute atomic E-state index is 12.1. The normalized spacial score (nSPS) is 10.5. The quantitative estimate of drug-likeness (QED) is 0.793. The third-order valence-electron chi connectivity index (χ3n) is 2.90. The van der Waals surface area contributed by atoms with Crippen LogP contribution in [-0.4, -0.2) is 26.1 Å². The fraction of sp³-hybridized carbons (Fsp3) is 0.143. The van der Waals surface area contributed by atoms with E-state index in [9.17, 15) is 4.79 Å². The minimum atomic E-state index is -0.324. The zero-order chi connectivity index (χ0) is 14.7. The molecule has 2 heterocycles. The van der Waals surface area contributed by atoms with Gasteiger partial charge in [-0.15, -0.1) is 10.2 Å². The summed E-state index contributed by atoms with van der Waals surface area (Å²) in [6.45, 7) is 2.56. The highest BCUT2D eigenvalue weighted by Gasteiger charge is 2.14. The molecule has 0 aliphatic heterocycles. The van der Waals surface area contributed by atoms with Crippen LogP contribution < -0.4 is 5.32 Å². The lowest BCUT2D eigenvalue weighted by atomic mass is 10.1. The SMILES string of the molecule is CCn1nnc(-c2ccccc2NC(=O)c2ccco2)n1. The molecule has 0 atom stereocenters. The maximum atomic E-state index is 12.1. The molecule has 3 aromatic rings. The van der Waals surface area contributed by atoms with E-state index in [1.54, 1.807) is 18.2 Å². The molecule has 0 aliphatic carbocycles. The molecule has 1 aromatic carbocycles. The van der Waals surface area contributed by atoms with Gasteiger partial charge in [0.2, 0.25) is 5.82 Å². The number of anilines is 1. The summed E-state index contributed by atoms with van der Waals surface area (Å²) in [4.78, 5) is 13.5. The molecule has 7 nitrogen and oxygen atoms in total. The number of amides is 1. The monoisotopic (exact) mass is 283 g/mol. The molecule has 0 saturated carbocycles. The number of carbonyl (C=O) groups is 1. The predicted molar refractivity (Wildman–Crippen MR) is 75.6 cm³/mol. The van der Waals surface area contributed by atoms with Crippen molar-refractivity contribution in [2.45, 2.75) is 13.5 Å². The molecule has 3 rings (SSSR count). The molecule has 7 heteroatoms. The zero-order valence-corrected chi connectivity index (χ0v) is 11.4. The van der Waals surface area contributed by atoms with Crippen LogP contribution in [0.25, 0.3) is 11.4 Å². The number of tetrazole rings is 1. The molecule has 106 valence electrons. The Balaban J connectivity index is 1.91. The lowest BCUT2D eigenvalue weighted by Crippen LogP contribution is -2.11. The minimum absolute atomic E-state index is 0.245. The van der Waals surface area contributed by atoms with Gasteiger partial charge in [0.25, 0.3) is 5.91 Å². The van der Waals surface area contributed by atoms with E-state index in [1.165, 1.54) is 11.1 Å². The second-order valence-corrected chi connectivity index (χ2v) is 4.28. The van der Waals surface area contributed by atoms with Gasteiger partial charge in [0, 0.05) is 5.56 Å². The van der Waals surface area contributed by atoms with Gasteiger partial charge >= 0.3 is 0 Å². The van der Waals surface area contributed by atoms with Crippen molar-refractivity contribution in [1.29, 1.82) is 0 Å². The Morgan fingerprint density at radius 1 is 1.29 bits per heavy atom. The summed E-state index contributed by atoms with van der Waals surface area (Å²) < 4.78 is 5.07. The number of benzene rings is 1. The summed E-state index contributed by atoms with van der Waals surface area (Å²) in [6, 6.07) is 10.5. The number of hydrogen-bond donors (Lipinski definition) is 1. The largest absolute Gasteiger partial charge is 0.459 e. The summed E-state index contributed by atoms with van der Waals surface area (Å²) in [5.41, 5.74) is 1.31. The second kappa shape index (κ2) is 5.58. The van der Waals surface area contributed by atoms with E-state index < -0.39 is 0 Å². The van der Waals surface area contributed by atoms with Gasteiger partial charge < -0.3 is 9.73 Å². The minimum Gasteiger partial charge on any atom is -0.459 e. The number of hydrogen-bond acceptors (Lipinski definition) is 5. The molecule has 0 saturated heterocycles. The van der Waals surface area contributed by atoms with E-state index in [4.69, 9.17) is 4.42 Å². The molecule has 21 heavy (non-hydrogen) atoms. The smallest absolute Gasteiger partial charge is 0.291 e. The van der Waals surface area contributed by atoms with Gasteiger partial charge in [-0.3, -0.25) is 4.79 Å². The first kappa shape index (κ1) is 13.0. The number of para-hydroxylation sites is 1. The van der Waals surface area contributed by atoms with E-state index in [2.05, 4.69) is 20.7 Å². The third-order valence-corrected chi connectivity index (χ3v) is 2.90. The highest BCUT2D eigenvalue weighted by Crippen LogP contribution is 2.24. The van der Waals surface area contributed by atoms with Crippen molar-refractivity contribution < 1.29 is 9.21 Å². The van der Waals surface area contributed by atoms with Crippen molar-refractivity contribution in [2.24, 2.45) is 0 Å². The van der Waals surface area contributed by atoms with Crippen molar-refractivity contribution >= 4 is 11.6 Å². The van der Waals surface area contributed by atoms with Crippen molar-refractivity contribution in [1.82, 2.24) is 20.2 Å². The zero-order valence-electron chi connectivity index (χ0n) is 11.4. The van der Waals surface area contributed by atoms with Gasteiger partial charge in [-0.05, 0) is 36.4 Å². The van der Waals surface area contributed by atoms with Crippen LogP contribution in [0.3, 0.4) is 0 Å². The lowest BCUT2D eigenvalue weighted by Gasteiger charge is -2.07. The van der Waals surface area contributed by atoms with Crippen LogP contribution in [0.2, 0.25) is 0 Å². The maximum Gasteiger partial charge on any atom is 0.291 e. The van der Waals surface area contributed by atoms with Crippen molar-refractivity contribution in [3.63, 3.8) is 0 Å². The highest BCUT2D eigenvalue weighted by molar-refractivity contribution is 6.04. The average Bonchev–Trinajstić information content (AvgIpc) is 3.19. The summed E-state index contributed by atoms with van der Waals surface area (Å²) in [5, 5.41) is 15.0. The molecule has 1 amide bonds. The summed E-state index contributed by atoms with van der Waals surface area (Å²) in [7, 11) is 0. The first-order valence-corrected chi connectivity index (χ1v) is 6.50. The Bertz CT molecular complexity index is 748. The van der Waals surface area contributed by atoms with E-state index >= 15 is 0 Å². The topological polar surface area (TPSA) is 85.8 Å². The van der Waals surface area contributed by atoms with E-state index in [0.717, 1.165) is 0 Å². The standard InChI is InChI=1S/C14H13N5O2/c1-2-19-17-13(16-18-19)10-6-3-4-7-11(10)15-14(20)12-8-5-9-21-12/h3-9H,2H2,1H3,(H,15,20). The number of carbonyl (C=O) groups excluding carboxylic acids is 1. The Morgan fingerprint density at radius 3 is 2.86 bits per heavy atom. The second-order valence-electron chi connectivity index (χ2n) is 4.28. The molecule has 0 bridgehead atoms. The van der Waals surface area contributed by atoms with E-state index in [0.29, 0.717) is 23.6 Å². The van der Waals surface area contributed by atoms with Gasteiger partial charge in [-0.25, -0.2) is 0 Å². The first-order valence-electron chi connectivity index (χ1n) is 6.50. The van der Waals surface area contributed by atoms with Gasteiger partial charge in [-0.2, -0.15) is 4.80 Å². The summed E-state index contributed by atoms with van der Waals surface area (Å²) >= 11 is 0. The third kappa shape index (κ3) is 2.66. The van der Waals surface area contributed by atoms with Crippen molar-refractivity contribution in [3.05, 3.63) is 48.4 Å². The predicted octanol–water partition coefficient (Wildman–Crippen LogP) is 2.21. The van der Waals surface area contributed by atoms with E-state index in [-0.39, 0.29) is 11.7 Å². The number of aryl methyl sites for hydroxylation is 1. The fourth-order valence-corrected chi connectivity index (χ4v) is 1.86. The Labute approximate surface area is 120 Å².